The van der Waals surface area contributed by atoms with Crippen LogP contribution in [0.1, 0.15) is 26.7 Å². The average Bonchev–Trinajstić information content (AvgIpc) is 2.30. The van der Waals surface area contributed by atoms with Crippen LogP contribution in [-0.4, -0.2) is 48.6 Å². The van der Waals surface area contributed by atoms with Gasteiger partial charge < -0.3 is 10.2 Å². The number of rotatable bonds is 3. The number of nitrogens with one attached hydrogen (secondary N) is 1. The molecule has 0 amide bonds. The van der Waals surface area contributed by atoms with Crippen molar-refractivity contribution in [3.63, 3.8) is 0 Å². The topological polar surface area (TPSA) is 15.3 Å². The summed E-state index contributed by atoms with van der Waals surface area (Å²) in [4.78, 5) is 2.72. The molecule has 2 rings (SSSR count). The molecule has 2 aliphatic heterocycles. The smallest absolute Gasteiger partial charge is 0.0198 e. The van der Waals surface area contributed by atoms with Crippen LogP contribution >= 0.6 is 24.2 Å². The highest BCUT2D eigenvalue weighted by Crippen LogP contribution is 2.26. The Labute approximate surface area is 117 Å². The maximum atomic E-state index is 3.46. The van der Waals surface area contributed by atoms with E-state index >= 15 is 0 Å². The molecular formula is C13H27ClN2S. The summed E-state index contributed by atoms with van der Waals surface area (Å²) in [5, 5.41) is 4.33. The lowest BCUT2D eigenvalue weighted by Gasteiger charge is -2.37. The van der Waals surface area contributed by atoms with Gasteiger partial charge in [-0.15, -0.1) is 12.4 Å². The van der Waals surface area contributed by atoms with Crippen molar-refractivity contribution < 1.29 is 0 Å². The minimum atomic E-state index is 0. The van der Waals surface area contributed by atoms with Gasteiger partial charge in [0.05, 0.1) is 0 Å². The van der Waals surface area contributed by atoms with Crippen molar-refractivity contribution in [3.05, 3.63) is 0 Å². The lowest BCUT2D eigenvalue weighted by atomic mass is 9.97. The molecule has 0 aromatic rings. The van der Waals surface area contributed by atoms with Crippen LogP contribution in [0.2, 0.25) is 0 Å². The summed E-state index contributed by atoms with van der Waals surface area (Å²) in [5.74, 6) is 3.13. The molecule has 0 aromatic carbocycles. The first-order valence-electron chi connectivity index (χ1n) is 6.80. The molecule has 0 bridgehead atoms. The Bertz CT molecular complexity index is 208. The number of piperidine rings is 1. The highest BCUT2D eigenvalue weighted by atomic mass is 35.5. The Morgan fingerprint density at radius 2 is 2.00 bits per heavy atom. The molecule has 4 heteroatoms. The van der Waals surface area contributed by atoms with E-state index in [0.29, 0.717) is 0 Å². The highest BCUT2D eigenvalue weighted by molar-refractivity contribution is 8.00. The number of hydrogen-bond donors (Lipinski definition) is 1. The first-order chi connectivity index (χ1) is 7.75. The van der Waals surface area contributed by atoms with Gasteiger partial charge in [0.15, 0.2) is 0 Å². The number of nitrogens with zero attached hydrogens (tertiary/aromatic N) is 1. The normalized spacial score (nSPS) is 28.1. The summed E-state index contributed by atoms with van der Waals surface area (Å²) in [7, 11) is 0. The van der Waals surface area contributed by atoms with Gasteiger partial charge in [-0.25, -0.2) is 0 Å². The Morgan fingerprint density at radius 1 is 1.29 bits per heavy atom. The maximum absolute atomic E-state index is 3.46. The zero-order valence-electron chi connectivity index (χ0n) is 11.2. The third-order valence-electron chi connectivity index (χ3n) is 3.90. The lowest BCUT2D eigenvalue weighted by molar-refractivity contribution is 0.203. The summed E-state index contributed by atoms with van der Waals surface area (Å²) in [5.41, 5.74) is 0. The molecule has 1 unspecified atom stereocenters. The summed E-state index contributed by atoms with van der Waals surface area (Å²) in [6.45, 7) is 11.2. The molecule has 0 aliphatic carbocycles. The predicted molar refractivity (Wildman–Crippen MR) is 80.4 cm³/mol. The summed E-state index contributed by atoms with van der Waals surface area (Å²) >= 11 is 2.18. The van der Waals surface area contributed by atoms with E-state index in [9.17, 15) is 0 Å². The second-order valence-electron chi connectivity index (χ2n) is 5.61. The van der Waals surface area contributed by atoms with Crippen molar-refractivity contribution in [2.45, 2.75) is 31.9 Å². The Morgan fingerprint density at radius 3 is 2.65 bits per heavy atom. The van der Waals surface area contributed by atoms with Crippen LogP contribution in [0.15, 0.2) is 0 Å². The Balaban J connectivity index is 0.00000144. The van der Waals surface area contributed by atoms with Gasteiger partial charge in [-0.1, -0.05) is 13.8 Å². The molecule has 17 heavy (non-hydrogen) atoms. The molecule has 102 valence electrons. The quantitative estimate of drug-likeness (QED) is 0.854. The number of thioether (sulfide) groups is 1. The maximum Gasteiger partial charge on any atom is 0.0198 e. The molecule has 0 spiro atoms. The van der Waals surface area contributed by atoms with Crippen LogP contribution in [0.25, 0.3) is 0 Å². The molecule has 0 aromatic heterocycles. The fourth-order valence-corrected chi connectivity index (χ4v) is 4.10. The van der Waals surface area contributed by atoms with E-state index < -0.39 is 0 Å². The zero-order valence-corrected chi connectivity index (χ0v) is 12.8. The minimum absolute atomic E-state index is 0. The molecule has 2 aliphatic rings. The summed E-state index contributed by atoms with van der Waals surface area (Å²) in [6, 6.07) is 0. The first-order valence-corrected chi connectivity index (χ1v) is 7.85. The van der Waals surface area contributed by atoms with Gasteiger partial charge in [0.2, 0.25) is 0 Å². The van der Waals surface area contributed by atoms with Gasteiger partial charge in [0.1, 0.15) is 0 Å². The highest BCUT2D eigenvalue weighted by Gasteiger charge is 2.25. The van der Waals surface area contributed by atoms with Crippen LogP contribution in [0, 0.1) is 11.8 Å². The number of hydrogen-bond acceptors (Lipinski definition) is 3. The van der Waals surface area contributed by atoms with Crippen molar-refractivity contribution in [3.8, 4) is 0 Å². The minimum Gasteiger partial charge on any atom is -0.317 e. The molecule has 2 nitrogen and oxygen atoms in total. The monoisotopic (exact) mass is 278 g/mol. The lowest BCUT2D eigenvalue weighted by Crippen LogP contribution is -2.44. The van der Waals surface area contributed by atoms with Gasteiger partial charge in [-0.3, -0.25) is 0 Å². The van der Waals surface area contributed by atoms with Crippen LogP contribution in [0.5, 0.6) is 0 Å². The fourth-order valence-electron chi connectivity index (χ4n) is 2.73. The second kappa shape index (κ2) is 7.88. The van der Waals surface area contributed by atoms with E-state index in [1.54, 1.807) is 0 Å². The van der Waals surface area contributed by atoms with E-state index in [1.807, 2.05) is 0 Å². The summed E-state index contributed by atoms with van der Waals surface area (Å²) in [6.07, 6.45) is 2.77. The molecule has 2 heterocycles. The third kappa shape index (κ3) is 4.98. The van der Waals surface area contributed by atoms with Crippen LogP contribution in [0.4, 0.5) is 0 Å². The van der Waals surface area contributed by atoms with Gasteiger partial charge in [-0.05, 0) is 37.8 Å². The van der Waals surface area contributed by atoms with Gasteiger partial charge in [0.25, 0.3) is 0 Å². The SMILES string of the molecule is CC(C)C1CN(CC2CCNCC2)CCS1.Cl. The van der Waals surface area contributed by atoms with Gasteiger partial charge in [-0.2, -0.15) is 11.8 Å². The van der Waals surface area contributed by atoms with E-state index in [2.05, 4.69) is 35.8 Å². The van der Waals surface area contributed by atoms with Crippen LogP contribution < -0.4 is 5.32 Å². The molecule has 1 atom stereocenters. The fraction of sp³-hybridized carbons (Fsp3) is 1.00. The van der Waals surface area contributed by atoms with Crippen molar-refractivity contribution in [2.24, 2.45) is 11.8 Å². The third-order valence-corrected chi connectivity index (χ3v) is 5.44. The second-order valence-corrected chi connectivity index (χ2v) is 6.95. The van der Waals surface area contributed by atoms with Crippen molar-refractivity contribution in [2.75, 3.05) is 38.5 Å². The molecule has 0 radical (unpaired) electrons. The largest absolute Gasteiger partial charge is 0.317 e. The van der Waals surface area contributed by atoms with E-state index in [1.165, 1.54) is 51.3 Å². The van der Waals surface area contributed by atoms with Crippen molar-refractivity contribution >= 4 is 24.2 Å². The Hall–Kier alpha value is 0.560. The van der Waals surface area contributed by atoms with E-state index in [0.717, 1.165) is 17.1 Å². The molecule has 2 saturated heterocycles. The molecule has 1 N–H and O–H groups in total. The molecular weight excluding hydrogens is 252 g/mol. The predicted octanol–water partition coefficient (Wildman–Crippen LogP) is 2.48. The van der Waals surface area contributed by atoms with Crippen molar-refractivity contribution in [1.82, 2.24) is 10.2 Å². The van der Waals surface area contributed by atoms with Crippen LogP contribution in [-0.2, 0) is 0 Å². The zero-order chi connectivity index (χ0) is 11.4. The average molecular weight is 279 g/mol. The number of halogens is 1. The van der Waals surface area contributed by atoms with Crippen LogP contribution in [0.3, 0.4) is 0 Å². The van der Waals surface area contributed by atoms with Crippen molar-refractivity contribution in [1.29, 1.82) is 0 Å². The van der Waals surface area contributed by atoms with E-state index in [-0.39, 0.29) is 12.4 Å². The van der Waals surface area contributed by atoms with Gasteiger partial charge in [0, 0.05) is 30.6 Å². The van der Waals surface area contributed by atoms with Gasteiger partial charge >= 0.3 is 0 Å². The summed E-state index contributed by atoms with van der Waals surface area (Å²) < 4.78 is 0. The molecule has 0 saturated carbocycles. The Kier molecular flexibility index (Phi) is 7.24. The molecule has 2 fully saturated rings. The van der Waals surface area contributed by atoms with E-state index in [4.69, 9.17) is 0 Å². The standard InChI is InChI=1S/C13H26N2S.ClH/c1-11(2)13-10-15(7-8-16-13)9-12-3-5-14-6-4-12;/h11-14H,3-10H2,1-2H3;1H. The first kappa shape index (κ1) is 15.6.